The van der Waals surface area contributed by atoms with E-state index in [1.165, 1.54) is 0 Å². The Morgan fingerprint density at radius 3 is 2.71 bits per heavy atom. The van der Waals surface area contributed by atoms with Crippen molar-refractivity contribution < 1.29 is 9.53 Å². The Kier molecular flexibility index (Phi) is 5.06. The highest BCUT2D eigenvalue weighted by Crippen LogP contribution is 2.23. The fourth-order valence-electron chi connectivity index (χ4n) is 1.48. The van der Waals surface area contributed by atoms with E-state index in [0.717, 1.165) is 17.3 Å². The molecule has 1 saturated heterocycles. The second kappa shape index (κ2) is 5.91. The minimum atomic E-state index is -0.470. The van der Waals surface area contributed by atoms with Gasteiger partial charge in [0.25, 0.3) is 0 Å². The van der Waals surface area contributed by atoms with Gasteiger partial charge in [-0.05, 0) is 27.7 Å². The summed E-state index contributed by atoms with van der Waals surface area (Å²) in [5.41, 5.74) is -0.470. The van der Waals surface area contributed by atoms with Crippen molar-refractivity contribution in [3.8, 4) is 0 Å². The Hall–Kier alpha value is -0.490. The highest BCUT2D eigenvalue weighted by atomic mass is 32.2. The Morgan fingerprint density at radius 2 is 2.24 bits per heavy atom. The molecule has 0 aromatic carbocycles. The molecule has 0 aromatic heterocycles. The first kappa shape index (κ1) is 14.6. The first-order valence-corrected chi connectivity index (χ1v) is 7.13. The molecule has 0 spiro atoms. The average molecular weight is 276 g/mol. The van der Waals surface area contributed by atoms with Crippen LogP contribution in [0.15, 0.2) is 0 Å². The van der Waals surface area contributed by atoms with Crippen molar-refractivity contribution in [2.45, 2.75) is 38.7 Å². The van der Waals surface area contributed by atoms with Crippen LogP contribution in [0, 0.1) is 0 Å². The van der Waals surface area contributed by atoms with Gasteiger partial charge in [-0.25, -0.2) is 4.79 Å². The molecule has 1 N–H and O–H groups in total. The molecule has 1 atom stereocenters. The number of hydrogen-bond donors (Lipinski definition) is 1. The molecule has 1 fully saturated rings. The zero-order valence-electron chi connectivity index (χ0n) is 10.8. The predicted molar refractivity (Wildman–Crippen MR) is 75.5 cm³/mol. The number of thioether (sulfide) groups is 1. The van der Waals surface area contributed by atoms with E-state index in [0.29, 0.717) is 11.9 Å². The zero-order chi connectivity index (χ0) is 13.1. The van der Waals surface area contributed by atoms with Gasteiger partial charge in [0.15, 0.2) is 0 Å². The number of carbonyl (C=O) groups excluding carboxylic acids is 1. The Morgan fingerprint density at radius 1 is 1.59 bits per heavy atom. The van der Waals surface area contributed by atoms with Gasteiger partial charge in [-0.3, -0.25) is 0 Å². The molecule has 1 aliphatic rings. The molecule has 0 unspecified atom stereocenters. The van der Waals surface area contributed by atoms with Gasteiger partial charge in [0.1, 0.15) is 5.60 Å². The zero-order valence-corrected chi connectivity index (χ0v) is 12.4. The molecule has 0 aromatic rings. The molecule has 0 bridgehead atoms. The maximum Gasteiger partial charge on any atom is 0.408 e. The first-order chi connectivity index (χ1) is 7.79. The first-order valence-electron chi connectivity index (χ1n) is 5.67. The van der Waals surface area contributed by atoms with Gasteiger partial charge < -0.3 is 15.0 Å². The van der Waals surface area contributed by atoms with Gasteiger partial charge in [-0.2, -0.15) is 0 Å². The third-order valence-corrected chi connectivity index (χ3v) is 3.77. The van der Waals surface area contributed by atoms with Crippen molar-refractivity contribution >= 4 is 35.1 Å². The van der Waals surface area contributed by atoms with Gasteiger partial charge in [-0.1, -0.05) is 12.2 Å². The molecule has 0 aliphatic carbocycles. The lowest BCUT2D eigenvalue weighted by Crippen LogP contribution is -2.41. The Bertz CT molecular complexity index is 302. The molecule has 6 heteroatoms. The van der Waals surface area contributed by atoms with Gasteiger partial charge in [0.05, 0.1) is 16.9 Å². The molecule has 0 radical (unpaired) electrons. The summed E-state index contributed by atoms with van der Waals surface area (Å²) in [6.45, 7) is 8.96. The lowest BCUT2D eigenvalue weighted by atomic mass is 10.2. The van der Waals surface area contributed by atoms with Crippen molar-refractivity contribution in [1.82, 2.24) is 10.2 Å². The third-order valence-electron chi connectivity index (χ3n) is 2.23. The number of alkyl carbamates (subject to hydrolysis) is 1. The van der Waals surface area contributed by atoms with Crippen molar-refractivity contribution in [3.05, 3.63) is 0 Å². The molecule has 1 amide bonds. The number of hydrogen-bond acceptors (Lipinski definition) is 4. The summed E-state index contributed by atoms with van der Waals surface area (Å²) in [5, 5.41) is 3.09. The van der Waals surface area contributed by atoms with Crippen LogP contribution in [-0.2, 0) is 4.74 Å². The second-order valence-corrected chi connectivity index (χ2v) is 6.81. The molecule has 1 rings (SSSR count). The van der Waals surface area contributed by atoms with Crippen LogP contribution in [0.3, 0.4) is 0 Å². The standard InChI is InChI=1S/C11H20N2O2S2/c1-8-13(5-6-17-8)9(16)7-12-10(14)15-11(2,3)4/h8H,5-7H2,1-4H3,(H,12,14)/t8-/m1/s1. The number of ether oxygens (including phenoxy) is 1. The smallest absolute Gasteiger partial charge is 0.408 e. The van der Waals surface area contributed by atoms with Gasteiger partial charge in [0, 0.05) is 12.3 Å². The van der Waals surface area contributed by atoms with E-state index in [9.17, 15) is 4.79 Å². The molecule has 1 heterocycles. The number of amides is 1. The minimum Gasteiger partial charge on any atom is -0.444 e. The molecule has 4 nitrogen and oxygen atoms in total. The number of nitrogens with zero attached hydrogens (tertiary/aromatic N) is 1. The fourth-order valence-corrected chi connectivity index (χ4v) is 2.93. The monoisotopic (exact) mass is 276 g/mol. The van der Waals surface area contributed by atoms with Crippen LogP contribution >= 0.6 is 24.0 Å². The summed E-state index contributed by atoms with van der Waals surface area (Å²) in [6.07, 6.45) is -0.417. The summed E-state index contributed by atoms with van der Waals surface area (Å²) < 4.78 is 5.14. The lowest BCUT2D eigenvalue weighted by Gasteiger charge is -2.24. The van der Waals surface area contributed by atoms with E-state index in [2.05, 4.69) is 17.1 Å². The second-order valence-electron chi connectivity index (χ2n) is 4.91. The summed E-state index contributed by atoms with van der Waals surface area (Å²) in [6, 6.07) is 0. The highest BCUT2D eigenvalue weighted by Gasteiger charge is 2.23. The number of nitrogens with one attached hydrogen (secondary N) is 1. The summed E-state index contributed by atoms with van der Waals surface area (Å²) >= 11 is 7.17. The van der Waals surface area contributed by atoms with E-state index >= 15 is 0 Å². The quantitative estimate of drug-likeness (QED) is 0.783. The Labute approximate surface area is 112 Å². The largest absolute Gasteiger partial charge is 0.444 e. The average Bonchev–Trinajstić information content (AvgIpc) is 2.58. The van der Waals surface area contributed by atoms with Crippen LogP contribution in [0.25, 0.3) is 0 Å². The van der Waals surface area contributed by atoms with Crippen LogP contribution in [0.2, 0.25) is 0 Å². The number of carbonyl (C=O) groups is 1. The highest BCUT2D eigenvalue weighted by molar-refractivity contribution is 8.00. The normalized spacial score (nSPS) is 20.2. The van der Waals surface area contributed by atoms with Crippen molar-refractivity contribution in [2.24, 2.45) is 0 Å². The van der Waals surface area contributed by atoms with Crippen LogP contribution in [-0.4, -0.2) is 45.8 Å². The van der Waals surface area contributed by atoms with Crippen molar-refractivity contribution in [3.63, 3.8) is 0 Å². The number of rotatable bonds is 2. The lowest BCUT2D eigenvalue weighted by molar-refractivity contribution is 0.0535. The van der Waals surface area contributed by atoms with Gasteiger partial charge >= 0.3 is 6.09 Å². The maximum absolute atomic E-state index is 11.4. The van der Waals surface area contributed by atoms with E-state index in [1.54, 1.807) is 0 Å². The molecule has 0 saturated carbocycles. The summed E-state index contributed by atoms with van der Waals surface area (Å²) in [4.78, 5) is 14.4. The molecular weight excluding hydrogens is 256 g/mol. The van der Waals surface area contributed by atoms with Crippen LogP contribution in [0.1, 0.15) is 27.7 Å². The number of thiocarbonyl (C=S) groups is 1. The summed E-state index contributed by atoms with van der Waals surface area (Å²) in [5.74, 6) is 1.09. The molecule has 1 aliphatic heterocycles. The maximum atomic E-state index is 11.4. The van der Waals surface area contributed by atoms with E-state index in [-0.39, 0.29) is 0 Å². The van der Waals surface area contributed by atoms with Crippen LogP contribution in [0.5, 0.6) is 0 Å². The van der Waals surface area contributed by atoms with E-state index in [4.69, 9.17) is 17.0 Å². The SMILES string of the molecule is C[C@H]1SCCN1C(=S)CNC(=O)OC(C)(C)C. The van der Waals surface area contributed by atoms with Crippen molar-refractivity contribution in [1.29, 1.82) is 0 Å². The van der Waals surface area contributed by atoms with Gasteiger partial charge in [0.2, 0.25) is 0 Å². The van der Waals surface area contributed by atoms with Gasteiger partial charge in [-0.15, -0.1) is 11.8 Å². The minimum absolute atomic E-state index is 0.370. The van der Waals surface area contributed by atoms with Crippen LogP contribution < -0.4 is 5.32 Å². The Balaban J connectivity index is 2.31. The van der Waals surface area contributed by atoms with Crippen molar-refractivity contribution in [2.75, 3.05) is 18.8 Å². The predicted octanol–water partition coefficient (Wildman–Crippen LogP) is 2.23. The fraction of sp³-hybridized carbons (Fsp3) is 0.818. The topological polar surface area (TPSA) is 41.6 Å². The van der Waals surface area contributed by atoms with Crippen LogP contribution in [0.4, 0.5) is 4.79 Å². The molecule has 98 valence electrons. The van der Waals surface area contributed by atoms with E-state index < -0.39 is 11.7 Å². The molecular formula is C11H20N2O2S2. The molecule has 17 heavy (non-hydrogen) atoms. The third kappa shape index (κ3) is 5.12. The van der Waals surface area contributed by atoms with E-state index in [1.807, 2.05) is 32.5 Å². The summed E-state index contributed by atoms with van der Waals surface area (Å²) in [7, 11) is 0.